The fourth-order valence-electron chi connectivity index (χ4n) is 1.98. The van der Waals surface area contributed by atoms with Gasteiger partial charge >= 0.3 is 0 Å². The molecular formula is C9H10N4O2S. The van der Waals surface area contributed by atoms with Gasteiger partial charge in [-0.25, -0.2) is 23.4 Å². The molecule has 0 radical (unpaired) electrons. The summed E-state index contributed by atoms with van der Waals surface area (Å²) in [5, 5.41) is 0. The van der Waals surface area contributed by atoms with Crippen LogP contribution in [0.5, 0.6) is 0 Å². The largest absolute Gasteiger partial charge is 0.339 e. The zero-order valence-electron chi connectivity index (χ0n) is 8.42. The van der Waals surface area contributed by atoms with Gasteiger partial charge in [0.1, 0.15) is 17.7 Å². The molecule has 1 atom stereocenters. The fourth-order valence-corrected chi connectivity index (χ4v) is 3.73. The highest BCUT2D eigenvalue weighted by molar-refractivity contribution is 7.91. The average Bonchev–Trinajstić information content (AvgIpc) is 2.80. The molecule has 6 nitrogen and oxygen atoms in total. The minimum atomic E-state index is -2.88. The van der Waals surface area contributed by atoms with Gasteiger partial charge in [0, 0.05) is 5.92 Å². The number of hydrogen-bond donors (Lipinski definition) is 1. The van der Waals surface area contributed by atoms with Gasteiger partial charge in [-0.3, -0.25) is 0 Å². The molecule has 0 saturated carbocycles. The molecule has 84 valence electrons. The summed E-state index contributed by atoms with van der Waals surface area (Å²) in [5.41, 5.74) is 1.34. The second-order valence-corrected chi connectivity index (χ2v) is 6.21. The second-order valence-electron chi connectivity index (χ2n) is 3.98. The van der Waals surface area contributed by atoms with Gasteiger partial charge in [-0.15, -0.1) is 0 Å². The van der Waals surface area contributed by atoms with E-state index in [0.717, 1.165) is 5.52 Å². The number of nitrogens with zero attached hydrogens (tertiary/aromatic N) is 3. The average molecular weight is 238 g/mol. The van der Waals surface area contributed by atoms with Gasteiger partial charge in [-0.2, -0.15) is 0 Å². The molecule has 0 bridgehead atoms. The van der Waals surface area contributed by atoms with E-state index in [1.807, 2.05) is 0 Å². The Labute approximate surface area is 92.1 Å². The van der Waals surface area contributed by atoms with Gasteiger partial charge in [0.25, 0.3) is 0 Å². The van der Waals surface area contributed by atoms with Gasteiger partial charge in [0.15, 0.2) is 15.5 Å². The van der Waals surface area contributed by atoms with Crippen LogP contribution in [-0.2, 0) is 9.84 Å². The van der Waals surface area contributed by atoms with E-state index in [4.69, 9.17) is 0 Å². The smallest absolute Gasteiger partial charge is 0.180 e. The number of hydrogen-bond acceptors (Lipinski definition) is 5. The van der Waals surface area contributed by atoms with Gasteiger partial charge in [0.05, 0.1) is 17.7 Å². The molecule has 7 heteroatoms. The Bertz CT molecular complexity index is 601. The summed E-state index contributed by atoms with van der Waals surface area (Å²) in [4.78, 5) is 15.3. The maximum Gasteiger partial charge on any atom is 0.180 e. The summed E-state index contributed by atoms with van der Waals surface area (Å²) in [6.45, 7) is 0. The predicted molar refractivity (Wildman–Crippen MR) is 57.7 cm³/mol. The molecule has 1 unspecified atom stereocenters. The highest BCUT2D eigenvalue weighted by Crippen LogP contribution is 2.27. The van der Waals surface area contributed by atoms with Crippen LogP contribution in [0.25, 0.3) is 11.2 Å². The number of rotatable bonds is 1. The Kier molecular flexibility index (Phi) is 1.97. The zero-order valence-corrected chi connectivity index (χ0v) is 9.24. The van der Waals surface area contributed by atoms with Crippen LogP contribution in [0.15, 0.2) is 12.5 Å². The van der Waals surface area contributed by atoms with Crippen LogP contribution in [0, 0.1) is 0 Å². The van der Waals surface area contributed by atoms with Gasteiger partial charge in [-0.1, -0.05) is 0 Å². The third-order valence-electron chi connectivity index (χ3n) is 2.80. The zero-order chi connectivity index (χ0) is 11.2. The van der Waals surface area contributed by atoms with Crippen molar-refractivity contribution in [2.24, 2.45) is 0 Å². The van der Waals surface area contributed by atoms with E-state index in [2.05, 4.69) is 19.9 Å². The van der Waals surface area contributed by atoms with Crippen molar-refractivity contribution in [2.45, 2.75) is 12.3 Å². The molecule has 1 aliphatic rings. The first-order valence-electron chi connectivity index (χ1n) is 5.00. The normalized spacial score (nSPS) is 23.9. The molecule has 2 aromatic heterocycles. The highest BCUT2D eigenvalue weighted by atomic mass is 32.2. The van der Waals surface area contributed by atoms with Crippen LogP contribution in [-0.4, -0.2) is 39.9 Å². The van der Waals surface area contributed by atoms with Crippen LogP contribution < -0.4 is 0 Å². The molecule has 3 rings (SSSR count). The third kappa shape index (κ3) is 1.57. The number of H-pyrrole nitrogens is 1. The lowest BCUT2D eigenvalue weighted by atomic mass is 10.1. The standard InChI is InChI=1S/C9H10N4O2S/c14-16(15)2-1-6(4-16)8-12-7-3-10-5-11-9(7)13-8/h3,5-6H,1-2,4H2,(H,10,11,12,13). The SMILES string of the molecule is O=S1(=O)CCC(c2nc3ncncc3[nH]2)C1. The fraction of sp³-hybridized carbons (Fsp3) is 0.444. The molecule has 16 heavy (non-hydrogen) atoms. The Morgan fingerprint density at radius 3 is 3.00 bits per heavy atom. The molecule has 0 aromatic carbocycles. The second kappa shape index (κ2) is 3.24. The van der Waals surface area contributed by atoms with E-state index in [9.17, 15) is 8.42 Å². The molecular weight excluding hydrogens is 228 g/mol. The van der Waals surface area contributed by atoms with Crippen molar-refractivity contribution in [1.29, 1.82) is 0 Å². The molecule has 0 amide bonds. The number of nitrogens with one attached hydrogen (secondary N) is 1. The molecule has 0 aliphatic carbocycles. The quantitative estimate of drug-likeness (QED) is 0.769. The summed E-state index contributed by atoms with van der Waals surface area (Å²) in [6.07, 6.45) is 3.70. The van der Waals surface area contributed by atoms with Gasteiger partial charge in [-0.05, 0) is 6.42 Å². The molecule has 1 fully saturated rings. The molecule has 1 saturated heterocycles. The van der Waals surface area contributed by atoms with Gasteiger partial charge in [0.2, 0.25) is 0 Å². The molecule has 2 aromatic rings. The maximum atomic E-state index is 11.4. The van der Waals surface area contributed by atoms with Crippen molar-refractivity contribution >= 4 is 21.0 Å². The number of imidazole rings is 1. The van der Waals surface area contributed by atoms with Crippen molar-refractivity contribution in [2.75, 3.05) is 11.5 Å². The minimum Gasteiger partial charge on any atom is -0.339 e. The minimum absolute atomic E-state index is 0.0285. The Hall–Kier alpha value is -1.50. The first-order valence-corrected chi connectivity index (χ1v) is 6.82. The molecule has 1 aliphatic heterocycles. The number of aromatic nitrogens is 4. The number of aromatic amines is 1. The molecule has 3 heterocycles. The molecule has 0 spiro atoms. The van der Waals surface area contributed by atoms with Crippen molar-refractivity contribution in [1.82, 2.24) is 19.9 Å². The van der Waals surface area contributed by atoms with Crippen LogP contribution >= 0.6 is 0 Å². The Morgan fingerprint density at radius 1 is 1.44 bits per heavy atom. The number of fused-ring (bicyclic) bond motifs is 1. The Balaban J connectivity index is 2.01. The van der Waals surface area contributed by atoms with E-state index in [1.54, 1.807) is 6.20 Å². The van der Waals surface area contributed by atoms with Crippen molar-refractivity contribution in [3.05, 3.63) is 18.3 Å². The van der Waals surface area contributed by atoms with E-state index in [0.29, 0.717) is 17.9 Å². The summed E-state index contributed by atoms with van der Waals surface area (Å²) in [5.74, 6) is 1.11. The van der Waals surface area contributed by atoms with Crippen LogP contribution in [0.2, 0.25) is 0 Å². The molecule has 1 N–H and O–H groups in total. The highest BCUT2D eigenvalue weighted by Gasteiger charge is 2.31. The lowest BCUT2D eigenvalue weighted by Crippen LogP contribution is -2.04. The Morgan fingerprint density at radius 2 is 2.31 bits per heavy atom. The lowest BCUT2D eigenvalue weighted by Gasteiger charge is -2.00. The van der Waals surface area contributed by atoms with E-state index >= 15 is 0 Å². The maximum absolute atomic E-state index is 11.4. The summed E-state index contributed by atoms with van der Waals surface area (Å²) < 4.78 is 22.7. The van der Waals surface area contributed by atoms with Crippen LogP contribution in [0.1, 0.15) is 18.2 Å². The van der Waals surface area contributed by atoms with Gasteiger partial charge < -0.3 is 4.98 Å². The predicted octanol–water partition coefficient (Wildman–Crippen LogP) is 0.255. The first kappa shape index (κ1) is 9.71. The van der Waals surface area contributed by atoms with Crippen molar-refractivity contribution < 1.29 is 8.42 Å². The van der Waals surface area contributed by atoms with Crippen LogP contribution in [0.3, 0.4) is 0 Å². The van der Waals surface area contributed by atoms with Crippen molar-refractivity contribution in [3.63, 3.8) is 0 Å². The summed E-state index contributed by atoms with van der Waals surface area (Å²) in [7, 11) is -2.88. The van der Waals surface area contributed by atoms with E-state index < -0.39 is 9.84 Å². The topological polar surface area (TPSA) is 88.6 Å². The summed E-state index contributed by atoms with van der Waals surface area (Å²) >= 11 is 0. The van der Waals surface area contributed by atoms with E-state index in [1.165, 1.54) is 6.33 Å². The first-order chi connectivity index (χ1) is 7.64. The lowest BCUT2D eigenvalue weighted by molar-refractivity contribution is 0.601. The number of sulfone groups is 1. The van der Waals surface area contributed by atoms with Crippen LogP contribution in [0.4, 0.5) is 0 Å². The van der Waals surface area contributed by atoms with E-state index in [-0.39, 0.29) is 17.4 Å². The third-order valence-corrected chi connectivity index (χ3v) is 4.57. The summed E-state index contributed by atoms with van der Waals surface area (Å²) in [6, 6.07) is 0. The monoisotopic (exact) mass is 238 g/mol. The van der Waals surface area contributed by atoms with Crippen molar-refractivity contribution in [3.8, 4) is 0 Å².